The molecule has 0 aliphatic carbocycles. The molecule has 0 saturated carbocycles. The summed E-state index contributed by atoms with van der Waals surface area (Å²) < 4.78 is 7.75. The monoisotopic (exact) mass is 1040 g/mol. The van der Waals surface area contributed by atoms with Crippen molar-refractivity contribution in [2.75, 3.05) is 19.8 Å². The van der Waals surface area contributed by atoms with E-state index in [0.29, 0.717) is 61.4 Å². The maximum atomic E-state index is 12.5. The minimum atomic E-state index is -0.453. The number of nitrogens with one attached hydrogen (secondary N) is 1. The number of rotatable bonds is 15. The first-order chi connectivity index (χ1) is 31.1. The van der Waals surface area contributed by atoms with Gasteiger partial charge in [0.15, 0.2) is 0 Å². The normalized spacial score (nSPS) is 12.1. The van der Waals surface area contributed by atoms with E-state index in [4.69, 9.17) is 51.1 Å². The molecule has 6 aromatic rings. The number of para-hydroxylation sites is 2. The average molecular weight is 1040 g/mol. The maximum absolute atomic E-state index is 12.5. The van der Waals surface area contributed by atoms with Crippen molar-refractivity contribution >= 4 is 69.2 Å². The Morgan fingerprint density at radius 3 is 1.58 bits per heavy atom. The van der Waals surface area contributed by atoms with E-state index >= 15 is 0 Å². The van der Waals surface area contributed by atoms with E-state index < -0.39 is 17.2 Å². The number of aliphatic hydroxyl groups excluding tert-OH is 1. The van der Waals surface area contributed by atoms with Gasteiger partial charge in [-0.25, -0.2) is 19.6 Å². The predicted molar refractivity (Wildman–Crippen MR) is 264 cm³/mol. The molecular formula is C47H56Cl4CoN9O6-. The van der Waals surface area contributed by atoms with Gasteiger partial charge < -0.3 is 45.2 Å². The zero-order valence-corrected chi connectivity index (χ0v) is 42.5. The van der Waals surface area contributed by atoms with Crippen molar-refractivity contribution in [1.82, 2.24) is 24.9 Å². The maximum Gasteiger partial charge on any atom is 1.00 e. The van der Waals surface area contributed by atoms with E-state index in [2.05, 4.69) is 77.5 Å². The van der Waals surface area contributed by atoms with Gasteiger partial charge in [-0.3, -0.25) is 0 Å². The number of benzene rings is 4. The van der Waals surface area contributed by atoms with Crippen LogP contribution in [0.5, 0.6) is 11.5 Å². The van der Waals surface area contributed by atoms with Gasteiger partial charge in [0.05, 0.1) is 34.1 Å². The Balaban J connectivity index is 0.000000350. The number of ether oxygens (including phenoxy) is 1. The predicted octanol–water partition coefficient (Wildman–Crippen LogP) is 12.5. The first-order valence-corrected chi connectivity index (χ1v) is 22.5. The average Bonchev–Trinajstić information content (AvgIpc) is 3.70. The molecule has 0 spiro atoms. The molecule has 15 nitrogen and oxygen atoms in total. The molecule has 1 atom stereocenters. The Morgan fingerprint density at radius 2 is 1.18 bits per heavy atom. The summed E-state index contributed by atoms with van der Waals surface area (Å²) in [6.45, 7) is 18.3. The summed E-state index contributed by atoms with van der Waals surface area (Å²) in [6.07, 6.45) is 2.85. The van der Waals surface area contributed by atoms with E-state index in [0.717, 1.165) is 25.9 Å². The van der Waals surface area contributed by atoms with Crippen LogP contribution >= 0.6 is 46.4 Å². The molecule has 4 aromatic carbocycles. The van der Waals surface area contributed by atoms with Gasteiger partial charge >= 0.3 is 1.43 Å². The fourth-order valence-corrected chi connectivity index (χ4v) is 7.23. The number of phenolic OH excluding ortho intramolecular Hbond substituents is 2. The minimum absolute atomic E-state index is 0. The van der Waals surface area contributed by atoms with Crippen LogP contribution in [0.4, 0.5) is 22.7 Å². The van der Waals surface area contributed by atoms with Crippen molar-refractivity contribution in [2.45, 2.75) is 86.3 Å². The number of aryl methyl sites for hydroxylation is 2. The number of aromatic hydroxyl groups is 2. The van der Waals surface area contributed by atoms with Gasteiger partial charge in [0, 0.05) is 45.5 Å². The van der Waals surface area contributed by atoms with E-state index in [9.17, 15) is 24.9 Å². The molecule has 0 bridgehead atoms. The summed E-state index contributed by atoms with van der Waals surface area (Å²) >= 11 is 23.9. The molecule has 0 aliphatic heterocycles. The van der Waals surface area contributed by atoms with Crippen LogP contribution in [0.25, 0.3) is 11.4 Å². The zero-order chi connectivity index (χ0) is 48.8. The van der Waals surface area contributed by atoms with Gasteiger partial charge in [-0.15, -0.1) is 11.4 Å². The minimum Gasteiger partial charge on any atom is -0.506 e. The van der Waals surface area contributed by atoms with Gasteiger partial charge in [-0.2, -0.15) is 10.2 Å². The van der Waals surface area contributed by atoms with Gasteiger partial charge in [-0.05, 0) is 92.8 Å². The molecule has 2 heterocycles. The van der Waals surface area contributed by atoms with Crippen molar-refractivity contribution in [3.05, 3.63) is 137 Å². The van der Waals surface area contributed by atoms with Crippen LogP contribution in [0.3, 0.4) is 0 Å². The van der Waals surface area contributed by atoms with Crippen LogP contribution in [0, 0.1) is 19.3 Å². The third-order valence-corrected chi connectivity index (χ3v) is 10.4. The number of aliphatic hydroxyl groups is 1. The van der Waals surface area contributed by atoms with Crippen LogP contribution in [0.2, 0.25) is 20.1 Å². The van der Waals surface area contributed by atoms with Crippen molar-refractivity contribution in [2.24, 2.45) is 25.9 Å². The summed E-state index contributed by atoms with van der Waals surface area (Å²) in [7, 11) is 0. The van der Waals surface area contributed by atoms with E-state index in [1.165, 1.54) is 45.8 Å². The Hall–Kier alpha value is -4.75. The number of hydrogen-bond acceptors (Lipinski definition) is 13. The smallest absolute Gasteiger partial charge is 0.506 e. The topological polar surface area (TPSA) is 201 Å². The molecule has 6 rings (SSSR count). The molecule has 4 N–H and O–H groups in total. The molecule has 2 aromatic heterocycles. The number of hydrogen-bond donors (Lipinski definition) is 4. The summed E-state index contributed by atoms with van der Waals surface area (Å²) in [6, 6.07) is 22.4. The number of halogens is 4. The number of azo groups is 2. The standard InChI is InChI=1S/2C16H11Cl2N4O2.C15H33NO2.Co/c2*1-9-15(20-19-12-8-10(17)6-7-14(12)23)16(24)22(21-9)13-5-3-2-4-11(13)18;1-7-8-9-18-11-13(17)10-16-15(5,6)12-14(2,3)4;/h2*2-8,23H,1H3;13,16-17H,7-12H2,1-6H3;/q2*-1;;/p+1. The number of aromatic nitrogens is 4. The van der Waals surface area contributed by atoms with Gasteiger partial charge in [0.1, 0.15) is 34.0 Å². The molecule has 67 heavy (non-hydrogen) atoms. The first kappa shape index (κ1) is 56.6. The number of β-amino-alcohol motifs (C(OH)–C–C–N with tert-alkyl or cyclic N) is 1. The fourth-order valence-electron chi connectivity index (χ4n) is 6.47. The second-order valence-electron chi connectivity index (χ2n) is 17.0. The van der Waals surface area contributed by atoms with Crippen molar-refractivity contribution in [3.63, 3.8) is 0 Å². The van der Waals surface area contributed by atoms with Crippen LogP contribution < -0.4 is 16.4 Å². The molecule has 363 valence electrons. The van der Waals surface area contributed by atoms with Gasteiger partial charge in [-0.1, -0.05) is 130 Å². The molecule has 0 aliphatic rings. The number of nitrogens with zero attached hydrogens (tertiary/aromatic N) is 8. The van der Waals surface area contributed by atoms with Crippen LogP contribution in [0.15, 0.2) is 115 Å². The summed E-state index contributed by atoms with van der Waals surface area (Å²) in [4.78, 5) is 25.0. The SMILES string of the molecule is CCCCOCC(O)CNC(C)(C)CC(C)(C)C.Cc1nn(-c2ccccc2Cl)c(=O)[c-]1N=Nc1cc(Cl)ccc1O.Cc1nn(-c2ccccc2Cl)c(=O)[c-]1N=Nc1cc(Cl)ccc1O.[Co].[H+]. The van der Waals surface area contributed by atoms with Crippen LogP contribution in [0.1, 0.15) is 73.6 Å². The van der Waals surface area contributed by atoms with E-state index in [1.807, 2.05) is 0 Å². The Morgan fingerprint density at radius 1 is 0.746 bits per heavy atom. The van der Waals surface area contributed by atoms with E-state index in [1.54, 1.807) is 62.4 Å². The van der Waals surface area contributed by atoms with Crippen LogP contribution in [-0.2, 0) is 21.5 Å². The van der Waals surface area contributed by atoms with Crippen LogP contribution in [-0.4, -0.2) is 66.3 Å². The second-order valence-corrected chi connectivity index (χ2v) is 18.6. The largest absolute Gasteiger partial charge is 1.00 e. The molecular weight excluding hydrogens is 987 g/mol. The third kappa shape index (κ3) is 17.4. The molecule has 0 amide bonds. The zero-order valence-electron chi connectivity index (χ0n) is 39.4. The van der Waals surface area contributed by atoms with Gasteiger partial charge in [0.25, 0.3) is 0 Å². The number of unbranched alkanes of at least 4 members (excludes halogenated alkanes) is 1. The Labute approximate surface area is 421 Å². The fraction of sp³-hybridized carbons (Fsp3) is 0.362. The second kappa shape index (κ2) is 26.1. The summed E-state index contributed by atoms with van der Waals surface area (Å²) in [5, 5.41) is 58.3. The Bertz CT molecular complexity index is 2570. The molecule has 1 unspecified atom stereocenters. The summed E-state index contributed by atoms with van der Waals surface area (Å²) in [5.74, 6) is -0.182. The van der Waals surface area contributed by atoms with Gasteiger partial charge in [0.2, 0.25) is 0 Å². The first-order valence-electron chi connectivity index (χ1n) is 20.9. The molecule has 1 radical (unpaired) electrons. The van der Waals surface area contributed by atoms with Crippen molar-refractivity contribution in [3.8, 4) is 22.9 Å². The quantitative estimate of drug-likeness (QED) is 0.0439. The summed E-state index contributed by atoms with van der Waals surface area (Å²) in [5.41, 5.74) is 1.58. The molecule has 0 fully saturated rings. The van der Waals surface area contributed by atoms with Crippen molar-refractivity contribution < 1.29 is 38.3 Å². The molecule has 0 saturated heterocycles. The number of phenols is 2. The third-order valence-electron chi connectivity index (χ3n) is 9.27. The van der Waals surface area contributed by atoms with E-state index in [-0.39, 0.29) is 58.0 Å². The van der Waals surface area contributed by atoms with Crippen molar-refractivity contribution in [1.29, 1.82) is 0 Å². The molecule has 20 heteroatoms. The Kier molecular flexibility index (Phi) is 22.1.